The summed E-state index contributed by atoms with van der Waals surface area (Å²) >= 11 is 0. The molecule has 0 bridgehead atoms. The first kappa shape index (κ1) is 19.2. The molecule has 0 radical (unpaired) electrons. The van der Waals surface area contributed by atoms with Crippen molar-refractivity contribution in [2.75, 3.05) is 19.6 Å². The summed E-state index contributed by atoms with van der Waals surface area (Å²) in [5.41, 5.74) is 0. The molecule has 0 rings (SSSR count). The molecule has 0 saturated heterocycles. The fourth-order valence-corrected chi connectivity index (χ4v) is 1.63. The number of rotatable bonds is 9. The molecule has 0 heterocycles. The summed E-state index contributed by atoms with van der Waals surface area (Å²) in [5, 5.41) is 13.9. The van der Waals surface area contributed by atoms with Gasteiger partial charge >= 0.3 is 12.0 Å². The Morgan fingerprint density at radius 3 is 2.19 bits per heavy atom. The first-order valence-electron chi connectivity index (χ1n) is 7.27. The maximum atomic E-state index is 12.0. The number of carboxylic acids is 1. The first-order chi connectivity index (χ1) is 9.73. The number of hydrogen-bond acceptors (Lipinski definition) is 3. The highest BCUT2D eigenvalue weighted by Gasteiger charge is 2.17. The SMILES string of the molecule is CC(C)CNC(=O)CNC(=O)N(CCCC(=O)O)C(C)C. The Hall–Kier alpha value is -1.79. The normalized spacial score (nSPS) is 10.6. The molecular formula is C14H27N3O4. The molecule has 0 unspecified atom stereocenters. The van der Waals surface area contributed by atoms with Crippen molar-refractivity contribution in [3.63, 3.8) is 0 Å². The summed E-state index contributed by atoms with van der Waals surface area (Å²) in [7, 11) is 0. The van der Waals surface area contributed by atoms with Crippen molar-refractivity contribution in [3.05, 3.63) is 0 Å². The highest BCUT2D eigenvalue weighted by atomic mass is 16.4. The second-order valence-electron chi connectivity index (χ2n) is 5.64. The van der Waals surface area contributed by atoms with Crippen LogP contribution in [0.2, 0.25) is 0 Å². The molecule has 0 aromatic rings. The maximum Gasteiger partial charge on any atom is 0.318 e. The summed E-state index contributed by atoms with van der Waals surface area (Å²) < 4.78 is 0. The Morgan fingerprint density at radius 1 is 1.10 bits per heavy atom. The van der Waals surface area contributed by atoms with E-state index in [2.05, 4.69) is 10.6 Å². The Morgan fingerprint density at radius 2 is 1.71 bits per heavy atom. The van der Waals surface area contributed by atoms with Gasteiger partial charge in [0, 0.05) is 25.6 Å². The molecule has 0 saturated carbocycles. The van der Waals surface area contributed by atoms with E-state index < -0.39 is 5.97 Å². The van der Waals surface area contributed by atoms with E-state index >= 15 is 0 Å². The molecular weight excluding hydrogens is 274 g/mol. The molecule has 0 spiro atoms. The highest BCUT2D eigenvalue weighted by Crippen LogP contribution is 2.02. The van der Waals surface area contributed by atoms with E-state index in [1.807, 2.05) is 27.7 Å². The number of urea groups is 1. The van der Waals surface area contributed by atoms with E-state index in [9.17, 15) is 14.4 Å². The topological polar surface area (TPSA) is 98.7 Å². The number of nitrogens with zero attached hydrogens (tertiary/aromatic N) is 1. The molecule has 3 amide bonds. The number of nitrogens with one attached hydrogen (secondary N) is 2. The molecule has 0 aliphatic heterocycles. The van der Waals surface area contributed by atoms with Gasteiger partial charge in [0.05, 0.1) is 6.54 Å². The summed E-state index contributed by atoms with van der Waals surface area (Å²) in [6.45, 7) is 8.51. The van der Waals surface area contributed by atoms with Gasteiger partial charge in [0.15, 0.2) is 0 Å². The van der Waals surface area contributed by atoms with Gasteiger partial charge in [0.2, 0.25) is 5.91 Å². The van der Waals surface area contributed by atoms with Crippen molar-refractivity contribution in [1.29, 1.82) is 0 Å². The fourth-order valence-electron chi connectivity index (χ4n) is 1.63. The third-order valence-corrected chi connectivity index (χ3v) is 2.78. The van der Waals surface area contributed by atoms with Crippen LogP contribution in [0.3, 0.4) is 0 Å². The number of amides is 3. The van der Waals surface area contributed by atoms with Crippen LogP contribution in [-0.4, -0.2) is 53.6 Å². The third kappa shape index (κ3) is 9.70. The maximum absolute atomic E-state index is 12.0. The van der Waals surface area contributed by atoms with Gasteiger partial charge in [-0.05, 0) is 26.2 Å². The van der Waals surface area contributed by atoms with E-state index in [1.54, 1.807) is 0 Å². The van der Waals surface area contributed by atoms with E-state index in [0.717, 1.165) is 0 Å². The van der Waals surface area contributed by atoms with Crippen LogP contribution in [0.15, 0.2) is 0 Å². The number of carbonyl (C=O) groups is 3. The molecule has 3 N–H and O–H groups in total. The van der Waals surface area contributed by atoms with Crippen LogP contribution in [0.5, 0.6) is 0 Å². The number of hydrogen-bond donors (Lipinski definition) is 3. The van der Waals surface area contributed by atoms with Crippen LogP contribution in [-0.2, 0) is 9.59 Å². The zero-order chi connectivity index (χ0) is 16.4. The van der Waals surface area contributed by atoms with E-state index in [0.29, 0.717) is 25.4 Å². The lowest BCUT2D eigenvalue weighted by Gasteiger charge is -2.26. The number of carbonyl (C=O) groups excluding carboxylic acids is 2. The Labute approximate surface area is 126 Å². The highest BCUT2D eigenvalue weighted by molar-refractivity contribution is 5.84. The summed E-state index contributed by atoms with van der Waals surface area (Å²) in [6, 6.07) is -0.410. The van der Waals surface area contributed by atoms with Crippen LogP contribution in [0, 0.1) is 5.92 Å². The quantitative estimate of drug-likeness (QED) is 0.592. The minimum absolute atomic E-state index is 0.0192. The van der Waals surface area contributed by atoms with Gasteiger partial charge in [-0.3, -0.25) is 9.59 Å². The van der Waals surface area contributed by atoms with Gasteiger partial charge in [-0.25, -0.2) is 4.79 Å². The molecule has 0 aromatic heterocycles. The summed E-state index contributed by atoms with van der Waals surface area (Å²) in [4.78, 5) is 35.5. The fraction of sp³-hybridized carbons (Fsp3) is 0.786. The van der Waals surface area contributed by atoms with Crippen molar-refractivity contribution in [2.45, 2.75) is 46.6 Å². The van der Waals surface area contributed by atoms with Gasteiger partial charge < -0.3 is 20.6 Å². The molecule has 0 aliphatic rings. The van der Waals surface area contributed by atoms with Gasteiger partial charge in [-0.15, -0.1) is 0 Å². The zero-order valence-corrected chi connectivity index (χ0v) is 13.3. The Bertz CT molecular complexity index is 356. The van der Waals surface area contributed by atoms with Crippen LogP contribution in [0.25, 0.3) is 0 Å². The van der Waals surface area contributed by atoms with E-state index in [1.165, 1.54) is 4.90 Å². The second kappa shape index (κ2) is 10.0. The Kier molecular flexibility index (Phi) is 9.16. The molecule has 0 atom stereocenters. The first-order valence-corrected chi connectivity index (χ1v) is 7.27. The Balaban J connectivity index is 4.17. The molecule has 21 heavy (non-hydrogen) atoms. The van der Waals surface area contributed by atoms with Crippen LogP contribution < -0.4 is 10.6 Å². The monoisotopic (exact) mass is 301 g/mol. The van der Waals surface area contributed by atoms with E-state index in [-0.39, 0.29) is 30.9 Å². The molecule has 0 aliphatic carbocycles. The van der Waals surface area contributed by atoms with Crippen LogP contribution in [0.1, 0.15) is 40.5 Å². The smallest absolute Gasteiger partial charge is 0.318 e. The average Bonchev–Trinajstić information content (AvgIpc) is 2.37. The lowest BCUT2D eigenvalue weighted by Crippen LogP contribution is -2.47. The molecule has 7 nitrogen and oxygen atoms in total. The van der Waals surface area contributed by atoms with Crippen molar-refractivity contribution < 1.29 is 19.5 Å². The predicted molar refractivity (Wildman–Crippen MR) is 80.0 cm³/mol. The van der Waals surface area contributed by atoms with Crippen molar-refractivity contribution in [3.8, 4) is 0 Å². The standard InChI is InChI=1S/C14H27N3O4/c1-10(2)8-15-12(18)9-16-14(21)17(11(3)4)7-5-6-13(19)20/h10-11H,5-9H2,1-4H3,(H,15,18)(H,16,21)(H,19,20). The van der Waals surface area contributed by atoms with Gasteiger partial charge in [-0.2, -0.15) is 0 Å². The lowest BCUT2D eigenvalue weighted by atomic mass is 10.2. The molecule has 0 aromatic carbocycles. The van der Waals surface area contributed by atoms with Crippen LogP contribution in [0.4, 0.5) is 4.79 Å². The largest absolute Gasteiger partial charge is 0.481 e. The summed E-state index contributed by atoms with van der Waals surface area (Å²) in [6.07, 6.45) is 0.409. The minimum atomic E-state index is -0.882. The number of carboxylic acid groups (broad SMARTS) is 1. The van der Waals surface area contributed by atoms with Crippen molar-refractivity contribution in [1.82, 2.24) is 15.5 Å². The predicted octanol–water partition coefficient (Wildman–Crippen LogP) is 1.04. The molecule has 0 fully saturated rings. The lowest BCUT2D eigenvalue weighted by molar-refractivity contribution is -0.137. The second-order valence-corrected chi connectivity index (χ2v) is 5.64. The third-order valence-electron chi connectivity index (χ3n) is 2.78. The van der Waals surface area contributed by atoms with Crippen LogP contribution >= 0.6 is 0 Å². The van der Waals surface area contributed by atoms with E-state index in [4.69, 9.17) is 5.11 Å². The average molecular weight is 301 g/mol. The molecule has 122 valence electrons. The molecule has 7 heteroatoms. The van der Waals surface area contributed by atoms with Gasteiger partial charge in [0.25, 0.3) is 0 Å². The minimum Gasteiger partial charge on any atom is -0.481 e. The van der Waals surface area contributed by atoms with Crippen molar-refractivity contribution in [2.24, 2.45) is 5.92 Å². The number of aliphatic carboxylic acids is 1. The van der Waals surface area contributed by atoms with Gasteiger partial charge in [0.1, 0.15) is 0 Å². The van der Waals surface area contributed by atoms with Gasteiger partial charge in [-0.1, -0.05) is 13.8 Å². The summed E-state index contributed by atoms with van der Waals surface area (Å²) in [5.74, 6) is -0.758. The van der Waals surface area contributed by atoms with Crippen molar-refractivity contribution >= 4 is 17.9 Å². The zero-order valence-electron chi connectivity index (χ0n) is 13.3.